The fourth-order valence-corrected chi connectivity index (χ4v) is 4.11. The summed E-state index contributed by atoms with van der Waals surface area (Å²) < 4.78 is 0. The highest BCUT2D eigenvalue weighted by Crippen LogP contribution is 2.25. The van der Waals surface area contributed by atoms with Gasteiger partial charge in [0.2, 0.25) is 11.8 Å². The minimum absolute atomic E-state index is 0.0185. The molecule has 1 saturated heterocycles. The number of amides is 2. The summed E-state index contributed by atoms with van der Waals surface area (Å²) in [4.78, 5) is 24.5. The third-order valence-corrected chi connectivity index (χ3v) is 5.43. The third-order valence-electron chi connectivity index (χ3n) is 5.43. The lowest BCUT2D eigenvalue weighted by atomic mass is 9.91. The van der Waals surface area contributed by atoms with Crippen LogP contribution >= 0.6 is 0 Å². The van der Waals surface area contributed by atoms with E-state index < -0.39 is 0 Å². The Kier molecular flexibility index (Phi) is 4.74. The Bertz CT molecular complexity index is 816. The second kappa shape index (κ2) is 7.32. The van der Waals surface area contributed by atoms with Gasteiger partial charge in [0.25, 0.3) is 0 Å². The number of carbonyl (C=O) groups is 2. The summed E-state index contributed by atoms with van der Waals surface area (Å²) in [5.41, 5.74) is 4.92. The number of piperidine rings is 1. The van der Waals surface area contributed by atoms with Gasteiger partial charge >= 0.3 is 0 Å². The summed E-state index contributed by atoms with van der Waals surface area (Å²) in [5, 5.41) is 6.18. The molecule has 0 radical (unpaired) electrons. The molecular weight excluding hydrogens is 324 g/mol. The van der Waals surface area contributed by atoms with E-state index in [2.05, 4.69) is 28.8 Å². The van der Waals surface area contributed by atoms with E-state index in [1.807, 2.05) is 30.3 Å². The first kappa shape index (κ1) is 16.8. The maximum Gasteiger partial charge on any atom is 0.224 e. The van der Waals surface area contributed by atoms with Gasteiger partial charge in [0.1, 0.15) is 0 Å². The number of hydrogen-bond donors (Lipinski definition) is 2. The Labute approximate surface area is 154 Å². The minimum Gasteiger partial charge on any atom is -0.351 e. The summed E-state index contributed by atoms with van der Waals surface area (Å²) in [6.45, 7) is 0. The van der Waals surface area contributed by atoms with Crippen molar-refractivity contribution >= 4 is 11.8 Å². The van der Waals surface area contributed by atoms with Gasteiger partial charge < -0.3 is 10.6 Å². The van der Waals surface area contributed by atoms with Crippen molar-refractivity contribution in [2.75, 3.05) is 0 Å². The van der Waals surface area contributed by atoms with E-state index in [-0.39, 0.29) is 23.9 Å². The van der Waals surface area contributed by atoms with Gasteiger partial charge in [-0.05, 0) is 47.9 Å². The van der Waals surface area contributed by atoms with Crippen molar-refractivity contribution in [3.63, 3.8) is 0 Å². The zero-order chi connectivity index (χ0) is 17.9. The van der Waals surface area contributed by atoms with Gasteiger partial charge in [-0.25, -0.2) is 0 Å². The van der Waals surface area contributed by atoms with E-state index in [1.54, 1.807) is 0 Å². The van der Waals surface area contributed by atoms with Gasteiger partial charge in [-0.15, -0.1) is 0 Å². The van der Waals surface area contributed by atoms with Crippen LogP contribution in [-0.2, 0) is 28.9 Å². The van der Waals surface area contributed by atoms with Crippen LogP contribution in [0.2, 0.25) is 0 Å². The topological polar surface area (TPSA) is 58.2 Å². The molecule has 134 valence electrons. The molecule has 4 heteroatoms. The minimum atomic E-state index is -0.165. The molecule has 0 bridgehead atoms. The van der Waals surface area contributed by atoms with Crippen LogP contribution in [-0.4, -0.2) is 17.9 Å². The Balaban J connectivity index is 1.44. The zero-order valence-electron chi connectivity index (χ0n) is 14.8. The number of nitrogens with one attached hydrogen (secondary N) is 2. The lowest BCUT2D eigenvalue weighted by Crippen LogP contribution is -2.50. The van der Waals surface area contributed by atoms with Gasteiger partial charge in [-0.1, -0.05) is 48.5 Å². The summed E-state index contributed by atoms with van der Waals surface area (Å²) in [6.07, 6.45) is 5.00. The third kappa shape index (κ3) is 3.64. The molecule has 4 rings (SSSR count). The number of carbonyl (C=O) groups excluding carboxylic acids is 2. The molecule has 0 aromatic heterocycles. The maximum absolute atomic E-state index is 12.6. The summed E-state index contributed by atoms with van der Waals surface area (Å²) in [6, 6.07) is 16.0. The van der Waals surface area contributed by atoms with E-state index >= 15 is 0 Å². The van der Waals surface area contributed by atoms with Gasteiger partial charge in [0.05, 0.1) is 18.5 Å². The molecule has 2 N–H and O–H groups in total. The van der Waals surface area contributed by atoms with Crippen LogP contribution in [0, 0.1) is 0 Å². The van der Waals surface area contributed by atoms with Crippen molar-refractivity contribution in [1.29, 1.82) is 0 Å². The van der Waals surface area contributed by atoms with Crippen LogP contribution in [0.15, 0.2) is 48.5 Å². The molecule has 1 aliphatic carbocycles. The number of aryl methyl sites for hydroxylation is 2. The smallest absolute Gasteiger partial charge is 0.224 e. The summed E-state index contributed by atoms with van der Waals surface area (Å²) >= 11 is 0. The van der Waals surface area contributed by atoms with Crippen LogP contribution < -0.4 is 10.6 Å². The zero-order valence-corrected chi connectivity index (χ0v) is 14.8. The van der Waals surface area contributed by atoms with E-state index in [0.29, 0.717) is 19.3 Å². The Morgan fingerprint density at radius 2 is 1.85 bits per heavy atom. The van der Waals surface area contributed by atoms with Crippen LogP contribution in [0.25, 0.3) is 0 Å². The van der Waals surface area contributed by atoms with Crippen molar-refractivity contribution < 1.29 is 9.59 Å². The number of hydrogen-bond acceptors (Lipinski definition) is 2. The maximum atomic E-state index is 12.6. The fraction of sp³-hybridized carbons (Fsp3) is 0.364. The fourth-order valence-electron chi connectivity index (χ4n) is 4.11. The second-order valence-electron chi connectivity index (χ2n) is 7.30. The average Bonchev–Trinajstić information content (AvgIpc) is 3.11. The van der Waals surface area contributed by atoms with Gasteiger partial charge in [-0.3, -0.25) is 9.59 Å². The first-order valence-corrected chi connectivity index (χ1v) is 9.43. The van der Waals surface area contributed by atoms with Gasteiger partial charge in [0, 0.05) is 6.42 Å². The normalized spacial score (nSPS) is 21.8. The second-order valence-corrected chi connectivity index (χ2v) is 7.30. The van der Waals surface area contributed by atoms with Gasteiger partial charge in [-0.2, -0.15) is 0 Å². The Hall–Kier alpha value is -2.62. The van der Waals surface area contributed by atoms with Gasteiger partial charge in [0.15, 0.2) is 0 Å². The first-order chi connectivity index (χ1) is 12.7. The molecule has 1 heterocycles. The Morgan fingerprint density at radius 1 is 1.04 bits per heavy atom. The number of benzene rings is 2. The highest BCUT2D eigenvalue weighted by atomic mass is 16.2. The predicted molar refractivity (Wildman–Crippen MR) is 101 cm³/mol. The quantitative estimate of drug-likeness (QED) is 0.893. The molecular formula is C22H24N2O2. The molecule has 4 nitrogen and oxygen atoms in total. The standard InChI is InChI=1S/C22H24N2O2/c25-20-12-11-19(22(24-20)17-5-2-1-3-6-17)23-21(26)14-15-9-10-16-7-4-8-18(16)13-15/h1-3,5-6,9-10,13,19,22H,4,7-8,11-12,14H2,(H,23,26)(H,24,25)/t19-,22-/m0/s1. The van der Waals surface area contributed by atoms with Crippen LogP contribution in [0.1, 0.15) is 47.6 Å². The molecule has 0 spiro atoms. The molecule has 1 fully saturated rings. The van der Waals surface area contributed by atoms with Crippen LogP contribution in [0.3, 0.4) is 0 Å². The average molecular weight is 348 g/mol. The van der Waals surface area contributed by atoms with Crippen molar-refractivity contribution in [2.24, 2.45) is 0 Å². The SMILES string of the molecule is O=C(Cc1ccc2c(c1)CCC2)N[C@H]1CCC(=O)N[C@H]1c1ccccc1. The predicted octanol–water partition coefficient (Wildman–Crippen LogP) is 2.85. The number of rotatable bonds is 4. The molecule has 0 saturated carbocycles. The monoisotopic (exact) mass is 348 g/mol. The molecule has 0 unspecified atom stereocenters. The van der Waals surface area contributed by atoms with Crippen LogP contribution in [0.5, 0.6) is 0 Å². The van der Waals surface area contributed by atoms with Crippen LogP contribution in [0.4, 0.5) is 0 Å². The first-order valence-electron chi connectivity index (χ1n) is 9.43. The van der Waals surface area contributed by atoms with E-state index in [0.717, 1.165) is 24.0 Å². The molecule has 2 amide bonds. The van der Waals surface area contributed by atoms with E-state index in [1.165, 1.54) is 17.5 Å². The molecule has 26 heavy (non-hydrogen) atoms. The van der Waals surface area contributed by atoms with Crippen molar-refractivity contribution in [3.05, 3.63) is 70.8 Å². The van der Waals surface area contributed by atoms with Crippen molar-refractivity contribution in [1.82, 2.24) is 10.6 Å². The largest absolute Gasteiger partial charge is 0.351 e. The highest BCUT2D eigenvalue weighted by Gasteiger charge is 2.30. The summed E-state index contributed by atoms with van der Waals surface area (Å²) in [5.74, 6) is 0.0630. The van der Waals surface area contributed by atoms with Crippen molar-refractivity contribution in [3.8, 4) is 0 Å². The Morgan fingerprint density at radius 3 is 2.69 bits per heavy atom. The van der Waals surface area contributed by atoms with Crippen molar-refractivity contribution in [2.45, 2.75) is 50.6 Å². The molecule has 1 aliphatic heterocycles. The molecule has 2 atom stereocenters. The number of fused-ring (bicyclic) bond motifs is 1. The lowest BCUT2D eigenvalue weighted by molar-refractivity contribution is -0.126. The molecule has 2 aromatic rings. The highest BCUT2D eigenvalue weighted by molar-refractivity contribution is 5.81. The summed E-state index contributed by atoms with van der Waals surface area (Å²) in [7, 11) is 0. The lowest BCUT2D eigenvalue weighted by Gasteiger charge is -2.33. The molecule has 2 aliphatic rings. The molecule has 2 aromatic carbocycles. The van der Waals surface area contributed by atoms with E-state index in [4.69, 9.17) is 0 Å². The van der Waals surface area contributed by atoms with E-state index in [9.17, 15) is 9.59 Å².